The minimum absolute atomic E-state index is 0.0296. The normalized spacial score (nSPS) is 31.4. The van der Waals surface area contributed by atoms with Gasteiger partial charge >= 0.3 is 0 Å². The topological polar surface area (TPSA) is 41.6 Å². The highest BCUT2D eigenvalue weighted by atomic mass is 16.5. The predicted octanol–water partition coefficient (Wildman–Crippen LogP) is 1.01. The third-order valence-electron chi connectivity index (χ3n) is 3.86. The molecule has 2 aliphatic rings. The van der Waals surface area contributed by atoms with Crippen LogP contribution >= 0.6 is 0 Å². The predicted molar refractivity (Wildman–Crippen MR) is 66.8 cm³/mol. The van der Waals surface area contributed by atoms with Crippen LogP contribution < -0.4 is 5.32 Å². The van der Waals surface area contributed by atoms with Gasteiger partial charge in [-0.15, -0.1) is 0 Å². The number of nitrogens with one attached hydrogen (secondary N) is 1. The Morgan fingerprint density at radius 1 is 1.35 bits per heavy atom. The fraction of sp³-hybridized carbons (Fsp3) is 0.923. The van der Waals surface area contributed by atoms with Crippen molar-refractivity contribution in [3.8, 4) is 0 Å². The fourth-order valence-electron chi connectivity index (χ4n) is 2.82. The summed E-state index contributed by atoms with van der Waals surface area (Å²) in [5, 5.41) is 3.14. The van der Waals surface area contributed by atoms with E-state index in [9.17, 15) is 4.79 Å². The summed E-state index contributed by atoms with van der Waals surface area (Å²) < 4.78 is 5.49. The van der Waals surface area contributed by atoms with Gasteiger partial charge in [0.2, 0.25) is 5.91 Å². The number of hydrogen-bond donors (Lipinski definition) is 1. The summed E-state index contributed by atoms with van der Waals surface area (Å²) in [5.41, 5.74) is 0. The Bertz CT molecular complexity index is 252. The van der Waals surface area contributed by atoms with Crippen LogP contribution in [0.5, 0.6) is 0 Å². The van der Waals surface area contributed by atoms with E-state index in [1.165, 1.54) is 6.42 Å². The third kappa shape index (κ3) is 3.42. The first kappa shape index (κ1) is 12.8. The molecule has 4 heteroatoms. The molecule has 2 aliphatic heterocycles. The van der Waals surface area contributed by atoms with Gasteiger partial charge in [-0.05, 0) is 45.1 Å². The molecule has 2 fully saturated rings. The zero-order chi connectivity index (χ0) is 12.1. The van der Waals surface area contributed by atoms with Crippen molar-refractivity contribution >= 4 is 5.91 Å². The van der Waals surface area contributed by atoms with Crippen molar-refractivity contribution in [2.24, 2.45) is 5.92 Å². The lowest BCUT2D eigenvalue weighted by Gasteiger charge is -2.30. The molecule has 0 radical (unpaired) electrons. The first-order valence-corrected chi connectivity index (χ1v) is 6.85. The smallest absolute Gasteiger partial charge is 0.239 e. The highest BCUT2D eigenvalue weighted by Gasteiger charge is 2.27. The number of amides is 1. The van der Waals surface area contributed by atoms with E-state index in [-0.39, 0.29) is 11.9 Å². The van der Waals surface area contributed by atoms with Gasteiger partial charge in [0.1, 0.15) is 0 Å². The van der Waals surface area contributed by atoms with Crippen LogP contribution in [0.3, 0.4) is 0 Å². The Morgan fingerprint density at radius 3 is 2.94 bits per heavy atom. The molecule has 2 atom stereocenters. The molecule has 0 bridgehead atoms. The number of carbonyl (C=O) groups excluding carboxylic acids is 1. The Kier molecular flexibility index (Phi) is 4.80. The van der Waals surface area contributed by atoms with Crippen LogP contribution in [0.1, 0.15) is 32.1 Å². The first-order valence-electron chi connectivity index (χ1n) is 6.85. The van der Waals surface area contributed by atoms with E-state index >= 15 is 0 Å². The number of hydrogen-bond acceptors (Lipinski definition) is 3. The van der Waals surface area contributed by atoms with Crippen molar-refractivity contribution < 1.29 is 9.53 Å². The Balaban J connectivity index is 1.90. The van der Waals surface area contributed by atoms with Gasteiger partial charge in [-0.2, -0.15) is 0 Å². The summed E-state index contributed by atoms with van der Waals surface area (Å²) in [6.45, 7) is 3.53. The molecule has 0 aromatic heterocycles. The number of likely N-dealkylation sites (N-methyl/N-ethyl adjacent to an activating group) is 1. The lowest BCUT2D eigenvalue weighted by atomic mass is 10.0. The molecule has 17 heavy (non-hydrogen) atoms. The number of ether oxygens (including phenoxy) is 1. The Labute approximate surface area is 104 Å². The monoisotopic (exact) mass is 240 g/mol. The molecule has 2 heterocycles. The minimum atomic E-state index is 0.0296. The van der Waals surface area contributed by atoms with Crippen LogP contribution in [0, 0.1) is 5.92 Å². The van der Waals surface area contributed by atoms with E-state index in [0.717, 1.165) is 52.0 Å². The van der Waals surface area contributed by atoms with Crippen molar-refractivity contribution in [2.45, 2.75) is 38.1 Å². The molecule has 0 aromatic carbocycles. The first-order chi connectivity index (χ1) is 8.31. The van der Waals surface area contributed by atoms with Crippen molar-refractivity contribution in [2.75, 3.05) is 33.4 Å². The Hall–Kier alpha value is -0.610. The second-order valence-electron chi connectivity index (χ2n) is 5.20. The average Bonchev–Trinajstić information content (AvgIpc) is 2.54. The highest BCUT2D eigenvalue weighted by Crippen LogP contribution is 2.18. The minimum Gasteiger partial charge on any atom is -0.381 e. The standard InChI is InChI=1S/C13H24N2O2/c1-14-12-6-2-3-7-15(13(12)16)9-11-5-4-8-17-10-11/h11-12,14H,2-10H2,1H3. The lowest BCUT2D eigenvalue weighted by molar-refractivity contribution is -0.134. The van der Waals surface area contributed by atoms with E-state index in [4.69, 9.17) is 4.74 Å². The van der Waals surface area contributed by atoms with Crippen molar-refractivity contribution in [3.63, 3.8) is 0 Å². The van der Waals surface area contributed by atoms with Gasteiger partial charge in [-0.1, -0.05) is 0 Å². The summed E-state index contributed by atoms with van der Waals surface area (Å²) in [4.78, 5) is 14.3. The van der Waals surface area contributed by atoms with Crippen LogP contribution in [0.15, 0.2) is 0 Å². The highest BCUT2D eigenvalue weighted by molar-refractivity contribution is 5.82. The van der Waals surface area contributed by atoms with Crippen LogP contribution in [-0.4, -0.2) is 50.2 Å². The maximum absolute atomic E-state index is 12.3. The molecule has 1 amide bonds. The van der Waals surface area contributed by atoms with Crippen molar-refractivity contribution in [1.29, 1.82) is 0 Å². The van der Waals surface area contributed by atoms with E-state index in [2.05, 4.69) is 5.32 Å². The summed E-state index contributed by atoms with van der Waals surface area (Å²) in [6, 6.07) is 0.0296. The summed E-state index contributed by atoms with van der Waals surface area (Å²) >= 11 is 0. The molecule has 0 saturated carbocycles. The summed E-state index contributed by atoms with van der Waals surface area (Å²) in [7, 11) is 1.88. The van der Waals surface area contributed by atoms with Crippen molar-refractivity contribution in [3.05, 3.63) is 0 Å². The lowest BCUT2D eigenvalue weighted by Crippen LogP contribution is -2.46. The number of nitrogens with zero attached hydrogens (tertiary/aromatic N) is 1. The number of carbonyl (C=O) groups is 1. The summed E-state index contributed by atoms with van der Waals surface area (Å²) in [5.74, 6) is 0.832. The molecule has 1 N–H and O–H groups in total. The van der Waals surface area contributed by atoms with E-state index in [1.54, 1.807) is 0 Å². The van der Waals surface area contributed by atoms with Crippen LogP contribution in [-0.2, 0) is 9.53 Å². The van der Waals surface area contributed by atoms with Gasteiger partial charge < -0.3 is 15.0 Å². The number of rotatable bonds is 3. The molecule has 4 nitrogen and oxygen atoms in total. The van der Waals surface area contributed by atoms with E-state index in [1.807, 2.05) is 11.9 Å². The molecule has 2 saturated heterocycles. The third-order valence-corrected chi connectivity index (χ3v) is 3.86. The maximum atomic E-state index is 12.3. The van der Waals surface area contributed by atoms with Gasteiger partial charge in [0, 0.05) is 19.7 Å². The van der Waals surface area contributed by atoms with Crippen LogP contribution in [0.25, 0.3) is 0 Å². The summed E-state index contributed by atoms with van der Waals surface area (Å²) in [6.07, 6.45) is 5.61. The maximum Gasteiger partial charge on any atom is 0.239 e. The fourth-order valence-corrected chi connectivity index (χ4v) is 2.82. The van der Waals surface area contributed by atoms with Gasteiger partial charge in [-0.3, -0.25) is 4.79 Å². The number of likely N-dealkylation sites (tertiary alicyclic amines) is 1. The molecule has 0 spiro atoms. The molecule has 2 rings (SSSR count). The van der Waals surface area contributed by atoms with Gasteiger partial charge in [0.05, 0.1) is 12.6 Å². The SMILES string of the molecule is CNC1CCCCN(CC2CCCOC2)C1=O. The van der Waals surface area contributed by atoms with Gasteiger partial charge in [-0.25, -0.2) is 0 Å². The second kappa shape index (κ2) is 6.36. The molecular weight excluding hydrogens is 216 g/mol. The zero-order valence-electron chi connectivity index (χ0n) is 10.8. The van der Waals surface area contributed by atoms with Crippen molar-refractivity contribution in [1.82, 2.24) is 10.2 Å². The average molecular weight is 240 g/mol. The van der Waals surface area contributed by atoms with Gasteiger partial charge in [0.15, 0.2) is 0 Å². The molecule has 2 unspecified atom stereocenters. The second-order valence-corrected chi connectivity index (χ2v) is 5.20. The molecule has 0 aliphatic carbocycles. The molecule has 0 aromatic rings. The largest absolute Gasteiger partial charge is 0.381 e. The molecular formula is C13H24N2O2. The Morgan fingerprint density at radius 2 is 2.24 bits per heavy atom. The van der Waals surface area contributed by atoms with E-state index in [0.29, 0.717) is 5.92 Å². The van der Waals surface area contributed by atoms with E-state index < -0.39 is 0 Å². The quantitative estimate of drug-likeness (QED) is 0.800. The zero-order valence-corrected chi connectivity index (χ0v) is 10.8. The van der Waals surface area contributed by atoms with Gasteiger partial charge in [0.25, 0.3) is 0 Å². The molecule has 98 valence electrons. The van der Waals surface area contributed by atoms with Crippen LogP contribution in [0.4, 0.5) is 0 Å². The van der Waals surface area contributed by atoms with Crippen LogP contribution in [0.2, 0.25) is 0 Å².